The summed E-state index contributed by atoms with van der Waals surface area (Å²) >= 11 is 0. The van der Waals surface area contributed by atoms with Crippen molar-refractivity contribution >= 4 is 10.9 Å². The van der Waals surface area contributed by atoms with Crippen molar-refractivity contribution in [3.8, 4) is 6.07 Å². The number of piperidine rings is 1. The highest BCUT2D eigenvalue weighted by Gasteiger charge is 2.21. The Labute approximate surface area is 141 Å². The minimum Gasteiger partial charge on any atom is -0.378 e. The van der Waals surface area contributed by atoms with Gasteiger partial charge in [-0.1, -0.05) is 12.1 Å². The average Bonchev–Trinajstić information content (AvgIpc) is 2.60. The minimum absolute atomic E-state index is 0.0292. The SMILES string of the molecule is CCOC1CCN(Cc2nc3ccccc3c(=O)n2CC#N)CC1. The number of rotatable bonds is 5. The monoisotopic (exact) mass is 326 g/mol. The molecule has 0 bridgehead atoms. The van der Waals surface area contributed by atoms with Gasteiger partial charge in [0.2, 0.25) is 0 Å². The van der Waals surface area contributed by atoms with Crippen molar-refractivity contribution in [3.05, 3.63) is 40.4 Å². The van der Waals surface area contributed by atoms with Gasteiger partial charge in [-0.2, -0.15) is 5.26 Å². The van der Waals surface area contributed by atoms with Gasteiger partial charge in [-0.25, -0.2) is 4.98 Å². The van der Waals surface area contributed by atoms with Gasteiger partial charge in [0.05, 0.1) is 29.6 Å². The van der Waals surface area contributed by atoms with Crippen molar-refractivity contribution in [2.24, 2.45) is 0 Å². The Morgan fingerprint density at radius 3 is 2.79 bits per heavy atom. The van der Waals surface area contributed by atoms with Crippen LogP contribution in [0.2, 0.25) is 0 Å². The van der Waals surface area contributed by atoms with E-state index in [-0.39, 0.29) is 12.1 Å². The summed E-state index contributed by atoms with van der Waals surface area (Å²) in [7, 11) is 0. The number of likely N-dealkylation sites (tertiary alicyclic amines) is 1. The molecule has 0 N–H and O–H groups in total. The molecule has 1 aromatic heterocycles. The molecular weight excluding hydrogens is 304 g/mol. The molecular formula is C18H22N4O2. The molecule has 1 fully saturated rings. The summed E-state index contributed by atoms with van der Waals surface area (Å²) in [5.74, 6) is 0.662. The number of fused-ring (bicyclic) bond motifs is 1. The lowest BCUT2D eigenvalue weighted by Crippen LogP contribution is -2.38. The van der Waals surface area contributed by atoms with Gasteiger partial charge in [0, 0.05) is 19.7 Å². The summed E-state index contributed by atoms with van der Waals surface area (Å²) in [5.41, 5.74) is 0.553. The number of nitrogens with zero attached hydrogens (tertiary/aromatic N) is 4. The molecule has 126 valence electrons. The van der Waals surface area contributed by atoms with Crippen LogP contribution in [0.4, 0.5) is 0 Å². The number of hydrogen-bond acceptors (Lipinski definition) is 5. The summed E-state index contributed by atoms with van der Waals surface area (Å²) in [6, 6.07) is 9.38. The van der Waals surface area contributed by atoms with E-state index in [0.717, 1.165) is 32.5 Å². The third-order valence-electron chi connectivity index (χ3n) is 4.47. The van der Waals surface area contributed by atoms with Crippen LogP contribution in [0.1, 0.15) is 25.6 Å². The van der Waals surface area contributed by atoms with Crippen molar-refractivity contribution in [2.45, 2.75) is 39.0 Å². The summed E-state index contributed by atoms with van der Waals surface area (Å²) in [6.07, 6.45) is 2.31. The van der Waals surface area contributed by atoms with Crippen LogP contribution in [0.15, 0.2) is 29.1 Å². The molecule has 0 spiro atoms. The Morgan fingerprint density at radius 2 is 2.08 bits per heavy atom. The molecule has 24 heavy (non-hydrogen) atoms. The lowest BCUT2D eigenvalue weighted by atomic mass is 10.1. The fraction of sp³-hybridized carbons (Fsp3) is 0.500. The summed E-state index contributed by atoms with van der Waals surface area (Å²) in [4.78, 5) is 19.6. The molecule has 0 amide bonds. The fourth-order valence-corrected chi connectivity index (χ4v) is 3.24. The zero-order valence-electron chi connectivity index (χ0n) is 13.9. The Morgan fingerprint density at radius 1 is 1.33 bits per heavy atom. The van der Waals surface area contributed by atoms with Crippen molar-refractivity contribution < 1.29 is 4.74 Å². The van der Waals surface area contributed by atoms with Gasteiger partial charge in [0.25, 0.3) is 5.56 Å². The van der Waals surface area contributed by atoms with Gasteiger partial charge in [-0.15, -0.1) is 0 Å². The number of para-hydroxylation sites is 1. The summed E-state index contributed by atoms with van der Waals surface area (Å²) in [5, 5.41) is 9.63. The lowest BCUT2D eigenvalue weighted by molar-refractivity contribution is 0.0117. The van der Waals surface area contributed by atoms with Crippen molar-refractivity contribution in [2.75, 3.05) is 19.7 Å². The van der Waals surface area contributed by atoms with Crippen LogP contribution in [0.5, 0.6) is 0 Å². The van der Waals surface area contributed by atoms with Gasteiger partial charge in [-0.3, -0.25) is 14.3 Å². The molecule has 6 nitrogen and oxygen atoms in total. The molecule has 2 heterocycles. The highest BCUT2D eigenvalue weighted by atomic mass is 16.5. The van der Waals surface area contributed by atoms with Crippen molar-refractivity contribution in [1.29, 1.82) is 5.26 Å². The van der Waals surface area contributed by atoms with Crippen molar-refractivity contribution in [1.82, 2.24) is 14.5 Å². The maximum Gasteiger partial charge on any atom is 0.262 e. The van der Waals surface area contributed by atoms with E-state index in [0.29, 0.717) is 29.4 Å². The third kappa shape index (κ3) is 3.48. The molecule has 0 atom stereocenters. The van der Waals surface area contributed by atoms with Crippen LogP contribution in [0.3, 0.4) is 0 Å². The largest absolute Gasteiger partial charge is 0.378 e. The molecule has 0 saturated carbocycles. The molecule has 0 unspecified atom stereocenters. The normalized spacial score (nSPS) is 16.3. The molecule has 0 aliphatic carbocycles. The highest BCUT2D eigenvalue weighted by molar-refractivity contribution is 5.77. The van der Waals surface area contributed by atoms with E-state index in [1.165, 1.54) is 4.57 Å². The third-order valence-corrected chi connectivity index (χ3v) is 4.47. The second-order valence-corrected chi connectivity index (χ2v) is 6.03. The number of nitriles is 1. The van der Waals surface area contributed by atoms with E-state index < -0.39 is 0 Å². The first-order valence-corrected chi connectivity index (χ1v) is 8.42. The number of hydrogen-bond donors (Lipinski definition) is 0. The Balaban J connectivity index is 1.85. The average molecular weight is 326 g/mol. The van der Waals surface area contributed by atoms with E-state index in [1.807, 2.05) is 25.1 Å². The number of benzene rings is 1. The van der Waals surface area contributed by atoms with E-state index in [2.05, 4.69) is 16.0 Å². The van der Waals surface area contributed by atoms with Gasteiger partial charge in [-0.05, 0) is 31.9 Å². The van der Waals surface area contributed by atoms with E-state index in [4.69, 9.17) is 10.00 Å². The molecule has 1 aromatic carbocycles. The zero-order valence-corrected chi connectivity index (χ0v) is 13.9. The number of ether oxygens (including phenoxy) is 1. The maximum absolute atomic E-state index is 12.7. The smallest absolute Gasteiger partial charge is 0.262 e. The molecule has 1 aliphatic rings. The predicted octanol–water partition coefficient (Wildman–Crippen LogP) is 1.92. The van der Waals surface area contributed by atoms with Gasteiger partial charge in [0.1, 0.15) is 12.4 Å². The molecule has 0 radical (unpaired) electrons. The summed E-state index contributed by atoms with van der Waals surface area (Å²) in [6.45, 7) is 5.21. The van der Waals surface area contributed by atoms with E-state index in [9.17, 15) is 4.79 Å². The van der Waals surface area contributed by atoms with Crippen LogP contribution < -0.4 is 5.56 Å². The molecule has 2 aromatic rings. The first-order valence-electron chi connectivity index (χ1n) is 8.42. The summed E-state index contributed by atoms with van der Waals surface area (Å²) < 4.78 is 7.18. The second-order valence-electron chi connectivity index (χ2n) is 6.03. The first kappa shape index (κ1) is 16.6. The van der Waals surface area contributed by atoms with Crippen LogP contribution >= 0.6 is 0 Å². The van der Waals surface area contributed by atoms with Crippen LogP contribution in [-0.4, -0.2) is 40.3 Å². The van der Waals surface area contributed by atoms with Gasteiger partial charge < -0.3 is 4.74 Å². The second kappa shape index (κ2) is 7.56. The molecule has 6 heteroatoms. The van der Waals surface area contributed by atoms with Crippen molar-refractivity contribution in [3.63, 3.8) is 0 Å². The minimum atomic E-state index is -0.138. The van der Waals surface area contributed by atoms with E-state index >= 15 is 0 Å². The molecule has 3 rings (SSSR count). The number of aromatic nitrogens is 2. The van der Waals surface area contributed by atoms with Crippen LogP contribution in [0, 0.1) is 11.3 Å². The Bertz CT molecular complexity index is 801. The first-order chi connectivity index (χ1) is 11.7. The van der Waals surface area contributed by atoms with E-state index in [1.54, 1.807) is 6.07 Å². The highest BCUT2D eigenvalue weighted by Crippen LogP contribution is 2.16. The quantitative estimate of drug-likeness (QED) is 0.839. The van der Waals surface area contributed by atoms with Crippen LogP contribution in [-0.2, 0) is 17.8 Å². The standard InChI is InChI=1S/C18H22N4O2/c1-2-24-14-7-10-21(11-8-14)13-17-20-16-6-4-3-5-15(16)18(23)22(17)12-9-19/h3-6,14H,2,7-8,10-13H2,1H3. The van der Waals surface area contributed by atoms with Crippen LogP contribution in [0.25, 0.3) is 10.9 Å². The Hall–Kier alpha value is -2.23. The molecule has 1 saturated heterocycles. The Kier molecular flexibility index (Phi) is 5.24. The topological polar surface area (TPSA) is 71.2 Å². The maximum atomic E-state index is 12.7. The zero-order chi connectivity index (χ0) is 16.9. The predicted molar refractivity (Wildman–Crippen MR) is 91.5 cm³/mol. The fourth-order valence-electron chi connectivity index (χ4n) is 3.24. The van der Waals surface area contributed by atoms with Gasteiger partial charge in [0.15, 0.2) is 0 Å². The lowest BCUT2D eigenvalue weighted by Gasteiger charge is -2.31. The van der Waals surface area contributed by atoms with Gasteiger partial charge >= 0.3 is 0 Å². The molecule has 1 aliphatic heterocycles.